The number of hydrogen-bond acceptors (Lipinski definition) is 5. The number of carbonyl (C=O) groups is 1. The zero-order valence-electron chi connectivity index (χ0n) is 14.2. The molecular formula is C18H18BrN3O4. The Labute approximate surface area is 159 Å². The molecule has 0 aromatic heterocycles. The van der Waals surface area contributed by atoms with E-state index < -0.39 is 4.92 Å². The molecule has 0 unspecified atom stereocenters. The molecule has 3 rings (SSSR count). The molecule has 0 bridgehead atoms. The Bertz CT molecular complexity index is 850. The lowest BCUT2D eigenvalue weighted by atomic mass is 10.1. The van der Waals surface area contributed by atoms with Crippen LogP contribution in [0.15, 0.2) is 40.9 Å². The minimum atomic E-state index is -0.482. The van der Waals surface area contributed by atoms with E-state index in [1.54, 1.807) is 19.1 Å². The number of nitrogens with zero attached hydrogens (tertiary/aromatic N) is 2. The van der Waals surface area contributed by atoms with Gasteiger partial charge in [-0.15, -0.1) is 0 Å². The summed E-state index contributed by atoms with van der Waals surface area (Å²) in [5.41, 5.74) is 2.24. The molecule has 1 fully saturated rings. The summed E-state index contributed by atoms with van der Waals surface area (Å²) in [4.78, 5) is 25.4. The highest BCUT2D eigenvalue weighted by Gasteiger charge is 2.19. The van der Waals surface area contributed by atoms with E-state index in [0.717, 1.165) is 23.2 Å². The van der Waals surface area contributed by atoms with Gasteiger partial charge in [0.1, 0.15) is 0 Å². The summed E-state index contributed by atoms with van der Waals surface area (Å²) in [7, 11) is 0. The highest BCUT2D eigenvalue weighted by atomic mass is 79.9. The van der Waals surface area contributed by atoms with Crippen molar-refractivity contribution < 1.29 is 14.5 Å². The normalized spacial score (nSPS) is 14.2. The van der Waals surface area contributed by atoms with E-state index >= 15 is 0 Å². The first kappa shape index (κ1) is 18.3. The number of ether oxygens (including phenoxy) is 1. The molecular weight excluding hydrogens is 402 g/mol. The second kappa shape index (κ2) is 7.84. The Balaban J connectivity index is 1.88. The van der Waals surface area contributed by atoms with Gasteiger partial charge in [-0.3, -0.25) is 14.9 Å². The smallest absolute Gasteiger partial charge is 0.273 e. The third-order valence-corrected chi connectivity index (χ3v) is 4.72. The average Bonchev–Trinajstić information content (AvgIpc) is 2.62. The molecule has 7 nitrogen and oxygen atoms in total. The highest BCUT2D eigenvalue weighted by molar-refractivity contribution is 9.10. The minimum Gasteiger partial charge on any atom is -0.378 e. The van der Waals surface area contributed by atoms with E-state index in [4.69, 9.17) is 4.74 Å². The Morgan fingerprint density at radius 2 is 1.96 bits per heavy atom. The standard InChI is InChI=1S/C18H18BrN3O4/c1-12-2-3-13(10-17(12)22(24)25)18(23)20-15-11-14(19)4-5-16(15)21-6-8-26-9-7-21/h2-5,10-11H,6-9H2,1H3,(H,20,23). The summed E-state index contributed by atoms with van der Waals surface area (Å²) in [5.74, 6) is -0.388. The molecule has 26 heavy (non-hydrogen) atoms. The van der Waals surface area contributed by atoms with E-state index in [-0.39, 0.29) is 17.2 Å². The van der Waals surface area contributed by atoms with Gasteiger partial charge in [0.15, 0.2) is 0 Å². The molecule has 2 aromatic rings. The first-order valence-electron chi connectivity index (χ1n) is 8.14. The SMILES string of the molecule is Cc1ccc(C(=O)Nc2cc(Br)ccc2N2CCOCC2)cc1[N+](=O)[O-]. The number of halogens is 1. The lowest BCUT2D eigenvalue weighted by molar-refractivity contribution is -0.385. The van der Waals surface area contributed by atoms with Crippen molar-refractivity contribution in [3.05, 3.63) is 62.1 Å². The number of anilines is 2. The Hall–Kier alpha value is -2.45. The molecule has 8 heteroatoms. The van der Waals surface area contributed by atoms with E-state index in [1.165, 1.54) is 6.07 Å². The number of nitro groups is 1. The Morgan fingerprint density at radius 3 is 2.65 bits per heavy atom. The van der Waals surface area contributed by atoms with Crippen LogP contribution >= 0.6 is 15.9 Å². The zero-order valence-corrected chi connectivity index (χ0v) is 15.8. The fraction of sp³-hybridized carbons (Fsp3) is 0.278. The average molecular weight is 420 g/mol. The van der Waals surface area contributed by atoms with E-state index in [0.29, 0.717) is 24.5 Å². The predicted octanol–water partition coefficient (Wildman–Crippen LogP) is 3.75. The summed E-state index contributed by atoms with van der Waals surface area (Å²) < 4.78 is 6.21. The number of morpholine rings is 1. The van der Waals surface area contributed by atoms with Crippen molar-refractivity contribution in [1.29, 1.82) is 0 Å². The summed E-state index contributed by atoms with van der Waals surface area (Å²) in [6.45, 7) is 4.38. The van der Waals surface area contributed by atoms with Gasteiger partial charge in [0, 0.05) is 34.8 Å². The molecule has 0 saturated carbocycles. The maximum absolute atomic E-state index is 12.7. The predicted molar refractivity (Wildman–Crippen MR) is 103 cm³/mol. The lowest BCUT2D eigenvalue weighted by Gasteiger charge is -2.30. The van der Waals surface area contributed by atoms with Crippen molar-refractivity contribution in [2.75, 3.05) is 36.5 Å². The van der Waals surface area contributed by atoms with Crippen LogP contribution < -0.4 is 10.2 Å². The van der Waals surface area contributed by atoms with E-state index in [9.17, 15) is 14.9 Å². The van der Waals surface area contributed by atoms with Crippen LogP contribution in [0.1, 0.15) is 15.9 Å². The number of hydrogen-bond donors (Lipinski definition) is 1. The number of benzene rings is 2. The number of nitro benzene ring substituents is 1. The third kappa shape index (κ3) is 4.03. The van der Waals surface area contributed by atoms with Crippen LogP contribution in [-0.2, 0) is 4.74 Å². The Morgan fingerprint density at radius 1 is 1.23 bits per heavy atom. The van der Waals surface area contributed by atoms with Crippen molar-refractivity contribution in [2.45, 2.75) is 6.92 Å². The molecule has 0 radical (unpaired) electrons. The molecule has 1 amide bonds. The van der Waals surface area contributed by atoms with Crippen LogP contribution in [0.2, 0.25) is 0 Å². The van der Waals surface area contributed by atoms with Crippen LogP contribution in [0, 0.1) is 17.0 Å². The van der Waals surface area contributed by atoms with E-state index in [2.05, 4.69) is 26.1 Å². The molecule has 0 atom stereocenters. The van der Waals surface area contributed by atoms with Gasteiger partial charge >= 0.3 is 0 Å². The van der Waals surface area contributed by atoms with Crippen molar-refractivity contribution in [3.63, 3.8) is 0 Å². The summed E-state index contributed by atoms with van der Waals surface area (Å²) in [6.07, 6.45) is 0. The second-order valence-corrected chi connectivity index (χ2v) is 6.89. The van der Waals surface area contributed by atoms with Crippen LogP contribution in [0.4, 0.5) is 17.1 Å². The molecule has 1 N–H and O–H groups in total. The molecule has 0 aliphatic carbocycles. The first-order chi connectivity index (χ1) is 12.5. The van der Waals surface area contributed by atoms with Gasteiger partial charge < -0.3 is 15.0 Å². The highest BCUT2D eigenvalue weighted by Crippen LogP contribution is 2.31. The van der Waals surface area contributed by atoms with Gasteiger partial charge in [-0.1, -0.05) is 22.0 Å². The summed E-state index contributed by atoms with van der Waals surface area (Å²) in [5, 5.41) is 14.0. The quantitative estimate of drug-likeness (QED) is 0.602. The molecule has 0 spiro atoms. The van der Waals surface area contributed by atoms with Crippen LogP contribution in [0.3, 0.4) is 0 Å². The van der Waals surface area contributed by atoms with Crippen molar-refractivity contribution in [2.24, 2.45) is 0 Å². The number of nitrogens with one attached hydrogen (secondary N) is 1. The lowest BCUT2D eigenvalue weighted by Crippen LogP contribution is -2.36. The van der Waals surface area contributed by atoms with Crippen LogP contribution in [-0.4, -0.2) is 37.1 Å². The van der Waals surface area contributed by atoms with E-state index in [1.807, 2.05) is 18.2 Å². The van der Waals surface area contributed by atoms with Gasteiger partial charge in [0.05, 0.1) is 29.5 Å². The van der Waals surface area contributed by atoms with Gasteiger partial charge in [0.2, 0.25) is 0 Å². The molecule has 1 aliphatic heterocycles. The molecule has 2 aromatic carbocycles. The van der Waals surface area contributed by atoms with Crippen molar-refractivity contribution in [1.82, 2.24) is 0 Å². The van der Waals surface area contributed by atoms with Gasteiger partial charge in [-0.05, 0) is 31.2 Å². The molecule has 1 aliphatic rings. The Kier molecular flexibility index (Phi) is 5.53. The fourth-order valence-electron chi connectivity index (χ4n) is 2.83. The monoisotopic (exact) mass is 419 g/mol. The molecule has 1 saturated heterocycles. The maximum Gasteiger partial charge on any atom is 0.273 e. The van der Waals surface area contributed by atoms with Gasteiger partial charge in [-0.25, -0.2) is 0 Å². The van der Waals surface area contributed by atoms with Gasteiger partial charge in [0.25, 0.3) is 11.6 Å². The summed E-state index contributed by atoms with van der Waals surface area (Å²) in [6, 6.07) is 10.1. The molecule has 136 valence electrons. The fourth-order valence-corrected chi connectivity index (χ4v) is 3.19. The molecule has 1 heterocycles. The number of rotatable bonds is 4. The summed E-state index contributed by atoms with van der Waals surface area (Å²) >= 11 is 3.42. The van der Waals surface area contributed by atoms with Crippen molar-refractivity contribution in [3.8, 4) is 0 Å². The maximum atomic E-state index is 12.7. The van der Waals surface area contributed by atoms with Crippen molar-refractivity contribution >= 4 is 38.9 Å². The van der Waals surface area contributed by atoms with Crippen LogP contribution in [0.25, 0.3) is 0 Å². The third-order valence-electron chi connectivity index (χ3n) is 4.23. The van der Waals surface area contributed by atoms with Gasteiger partial charge in [-0.2, -0.15) is 0 Å². The second-order valence-electron chi connectivity index (χ2n) is 5.97. The first-order valence-corrected chi connectivity index (χ1v) is 8.93. The topological polar surface area (TPSA) is 84.7 Å². The largest absolute Gasteiger partial charge is 0.378 e. The number of amides is 1. The number of carbonyl (C=O) groups excluding carboxylic acids is 1. The minimum absolute atomic E-state index is 0.0692. The van der Waals surface area contributed by atoms with Crippen LogP contribution in [0.5, 0.6) is 0 Å². The number of aryl methyl sites for hydroxylation is 1. The zero-order chi connectivity index (χ0) is 18.7.